The zero-order valence-corrected chi connectivity index (χ0v) is 13.2. The number of aliphatic carboxylic acids is 1. The third-order valence-corrected chi connectivity index (χ3v) is 5.54. The molecule has 0 heterocycles. The van der Waals surface area contributed by atoms with Crippen molar-refractivity contribution in [1.82, 2.24) is 5.32 Å². The van der Waals surface area contributed by atoms with E-state index in [1.54, 1.807) is 13.8 Å². The van der Waals surface area contributed by atoms with Crippen molar-refractivity contribution < 1.29 is 24.5 Å². The summed E-state index contributed by atoms with van der Waals surface area (Å²) in [5, 5.41) is 22.9. The molecule has 1 amide bonds. The van der Waals surface area contributed by atoms with Crippen molar-refractivity contribution in [1.29, 1.82) is 0 Å². The first kappa shape index (κ1) is 15.6. The average molecular weight is 311 g/mol. The van der Waals surface area contributed by atoms with Crippen LogP contribution in [-0.4, -0.2) is 40.0 Å². The molecule has 0 aromatic heterocycles. The SMILES string of the molecule is CC(C)OC(=O)NC(C(=O)O)C12CC3CC(CC(O)(C3)C1)C2. The molecule has 3 N–H and O–H groups in total. The highest BCUT2D eigenvalue weighted by atomic mass is 16.6. The second-order valence-electron chi connectivity index (χ2n) is 7.92. The van der Waals surface area contributed by atoms with Crippen LogP contribution in [0.4, 0.5) is 4.79 Å². The molecule has 4 fully saturated rings. The number of ether oxygens (including phenoxy) is 1. The van der Waals surface area contributed by atoms with Gasteiger partial charge in [0.25, 0.3) is 0 Å². The third kappa shape index (κ3) is 2.69. The van der Waals surface area contributed by atoms with E-state index in [0.29, 0.717) is 18.3 Å². The van der Waals surface area contributed by atoms with Crippen LogP contribution in [0.3, 0.4) is 0 Å². The third-order valence-electron chi connectivity index (χ3n) is 5.54. The minimum absolute atomic E-state index is 0.296. The minimum atomic E-state index is -1.04. The molecule has 4 rings (SSSR count). The molecule has 3 atom stereocenters. The minimum Gasteiger partial charge on any atom is -0.480 e. The molecule has 4 saturated carbocycles. The lowest BCUT2D eigenvalue weighted by Gasteiger charge is -2.61. The van der Waals surface area contributed by atoms with Gasteiger partial charge in [0.15, 0.2) is 0 Å². The Morgan fingerprint density at radius 2 is 1.77 bits per heavy atom. The van der Waals surface area contributed by atoms with Gasteiger partial charge in [-0.25, -0.2) is 9.59 Å². The van der Waals surface area contributed by atoms with Crippen molar-refractivity contribution in [2.45, 2.75) is 70.1 Å². The van der Waals surface area contributed by atoms with Gasteiger partial charge in [-0.05, 0) is 64.2 Å². The fraction of sp³-hybridized carbons (Fsp3) is 0.875. The van der Waals surface area contributed by atoms with E-state index in [9.17, 15) is 19.8 Å². The first-order chi connectivity index (χ1) is 10.2. The number of carbonyl (C=O) groups is 2. The number of carboxylic acid groups (broad SMARTS) is 1. The number of nitrogens with one attached hydrogen (secondary N) is 1. The molecule has 6 heteroatoms. The maximum Gasteiger partial charge on any atom is 0.408 e. The van der Waals surface area contributed by atoms with Crippen molar-refractivity contribution in [3.05, 3.63) is 0 Å². The molecule has 3 unspecified atom stereocenters. The number of hydrogen-bond donors (Lipinski definition) is 3. The second-order valence-corrected chi connectivity index (χ2v) is 7.92. The Labute approximate surface area is 130 Å². The maximum atomic E-state index is 11.9. The highest BCUT2D eigenvalue weighted by Gasteiger charge is 2.61. The van der Waals surface area contributed by atoms with Gasteiger partial charge in [0.2, 0.25) is 0 Å². The van der Waals surface area contributed by atoms with Crippen LogP contribution in [0.1, 0.15) is 52.4 Å². The van der Waals surface area contributed by atoms with Crippen LogP contribution in [0.2, 0.25) is 0 Å². The van der Waals surface area contributed by atoms with Gasteiger partial charge in [0, 0.05) is 5.41 Å². The molecule has 6 nitrogen and oxygen atoms in total. The van der Waals surface area contributed by atoms with Crippen LogP contribution < -0.4 is 5.32 Å². The Bertz CT molecular complexity index is 475. The van der Waals surface area contributed by atoms with E-state index in [1.807, 2.05) is 0 Å². The molecule has 0 aliphatic heterocycles. The highest BCUT2D eigenvalue weighted by molar-refractivity contribution is 5.81. The lowest BCUT2D eigenvalue weighted by atomic mass is 9.46. The second kappa shape index (κ2) is 5.11. The Kier molecular flexibility index (Phi) is 3.62. The van der Waals surface area contributed by atoms with Gasteiger partial charge in [0.1, 0.15) is 6.04 Å². The molecular formula is C16H25NO5. The number of carbonyl (C=O) groups excluding carboxylic acids is 1. The average Bonchev–Trinajstić information content (AvgIpc) is 2.31. The number of carboxylic acids is 1. The summed E-state index contributed by atoms with van der Waals surface area (Å²) in [5.41, 5.74) is -1.29. The number of hydrogen-bond acceptors (Lipinski definition) is 4. The summed E-state index contributed by atoms with van der Waals surface area (Å²) >= 11 is 0. The summed E-state index contributed by atoms with van der Waals surface area (Å²) in [5.74, 6) is -0.293. The lowest BCUT2D eigenvalue weighted by molar-refractivity contribution is -0.182. The quantitative estimate of drug-likeness (QED) is 0.737. The molecule has 0 aromatic rings. The first-order valence-electron chi connectivity index (χ1n) is 8.14. The molecule has 0 aromatic carbocycles. The van der Waals surface area contributed by atoms with E-state index >= 15 is 0 Å². The van der Waals surface area contributed by atoms with E-state index in [0.717, 1.165) is 32.1 Å². The maximum absolute atomic E-state index is 11.9. The molecule has 0 radical (unpaired) electrons. The fourth-order valence-corrected chi connectivity index (χ4v) is 5.46. The molecule has 0 saturated heterocycles. The van der Waals surface area contributed by atoms with Gasteiger partial charge in [0.05, 0.1) is 11.7 Å². The van der Waals surface area contributed by atoms with Crippen molar-refractivity contribution in [3.63, 3.8) is 0 Å². The zero-order chi connectivity index (χ0) is 16.1. The first-order valence-corrected chi connectivity index (χ1v) is 8.14. The van der Waals surface area contributed by atoms with Gasteiger partial charge in [-0.3, -0.25) is 0 Å². The standard InChI is InChI=1S/C16H25NO5/c1-9(2)22-14(20)17-12(13(18)19)15-4-10-3-11(5-15)7-16(21,6-10)8-15/h9-12,21H,3-8H2,1-2H3,(H,17,20)(H,18,19). The largest absolute Gasteiger partial charge is 0.480 e. The van der Waals surface area contributed by atoms with E-state index in [-0.39, 0.29) is 6.10 Å². The van der Waals surface area contributed by atoms with Crippen LogP contribution in [0.15, 0.2) is 0 Å². The van der Waals surface area contributed by atoms with Crippen LogP contribution in [0.25, 0.3) is 0 Å². The normalized spacial score (nSPS) is 40.5. The number of amides is 1. The van der Waals surface area contributed by atoms with Gasteiger partial charge < -0.3 is 20.3 Å². The molecule has 4 aliphatic rings. The summed E-state index contributed by atoms with van der Waals surface area (Å²) in [4.78, 5) is 23.7. The van der Waals surface area contributed by atoms with Crippen molar-refractivity contribution in [3.8, 4) is 0 Å². The van der Waals surface area contributed by atoms with Crippen molar-refractivity contribution in [2.24, 2.45) is 17.3 Å². The van der Waals surface area contributed by atoms with Crippen molar-refractivity contribution >= 4 is 12.1 Å². The van der Waals surface area contributed by atoms with E-state index < -0.39 is 29.1 Å². The molecule has 4 aliphatic carbocycles. The summed E-state index contributed by atoms with van der Waals surface area (Å²) in [6, 6.07) is -0.990. The van der Waals surface area contributed by atoms with Crippen LogP contribution in [0, 0.1) is 17.3 Å². The zero-order valence-electron chi connectivity index (χ0n) is 13.2. The predicted octanol–water partition coefficient (Wildman–Crippen LogP) is 1.91. The summed E-state index contributed by atoms with van der Waals surface area (Å²) in [6.45, 7) is 3.45. The van der Waals surface area contributed by atoms with E-state index in [1.165, 1.54) is 0 Å². The fourth-order valence-electron chi connectivity index (χ4n) is 5.46. The Balaban J connectivity index is 1.82. The Morgan fingerprint density at radius 1 is 1.18 bits per heavy atom. The van der Waals surface area contributed by atoms with Gasteiger partial charge in [-0.2, -0.15) is 0 Å². The number of rotatable bonds is 4. The summed E-state index contributed by atoms with van der Waals surface area (Å²) in [6.07, 6.45) is 3.64. The van der Waals surface area contributed by atoms with E-state index in [2.05, 4.69) is 5.32 Å². The van der Waals surface area contributed by atoms with Crippen LogP contribution in [-0.2, 0) is 9.53 Å². The number of aliphatic hydroxyl groups is 1. The monoisotopic (exact) mass is 311 g/mol. The summed E-state index contributed by atoms with van der Waals surface area (Å²) < 4.78 is 5.04. The Morgan fingerprint density at radius 3 is 2.23 bits per heavy atom. The molecule has 124 valence electrons. The molecule has 0 spiro atoms. The smallest absolute Gasteiger partial charge is 0.408 e. The molecule has 4 bridgehead atoms. The van der Waals surface area contributed by atoms with Crippen molar-refractivity contribution in [2.75, 3.05) is 0 Å². The number of alkyl carbamates (subject to hydrolysis) is 1. The molecular weight excluding hydrogens is 286 g/mol. The van der Waals surface area contributed by atoms with Gasteiger partial charge in [-0.1, -0.05) is 0 Å². The summed E-state index contributed by atoms with van der Waals surface area (Å²) in [7, 11) is 0. The van der Waals surface area contributed by atoms with Crippen LogP contribution in [0.5, 0.6) is 0 Å². The van der Waals surface area contributed by atoms with Crippen LogP contribution >= 0.6 is 0 Å². The Hall–Kier alpha value is -1.30. The van der Waals surface area contributed by atoms with E-state index in [4.69, 9.17) is 4.74 Å². The highest BCUT2D eigenvalue weighted by Crippen LogP contribution is 2.62. The lowest BCUT2D eigenvalue weighted by Crippen LogP contribution is -2.64. The van der Waals surface area contributed by atoms with Gasteiger partial charge in [-0.15, -0.1) is 0 Å². The topological polar surface area (TPSA) is 95.9 Å². The van der Waals surface area contributed by atoms with Gasteiger partial charge >= 0.3 is 12.1 Å². The molecule has 22 heavy (non-hydrogen) atoms. The predicted molar refractivity (Wildman–Crippen MR) is 78.2 cm³/mol.